The number of rotatable bonds is 18. The van der Waals surface area contributed by atoms with E-state index in [2.05, 4.69) is 65.8 Å². The van der Waals surface area contributed by atoms with E-state index in [-0.39, 0.29) is 17.1 Å². The van der Waals surface area contributed by atoms with E-state index >= 15 is 0 Å². The van der Waals surface area contributed by atoms with Crippen LogP contribution in [0.25, 0.3) is 0 Å². The van der Waals surface area contributed by atoms with Gasteiger partial charge < -0.3 is 0 Å². The normalized spacial score (nSPS) is 10.7. The smallest absolute Gasteiger partial charge is 0.207 e. The average Bonchev–Trinajstić information content (AvgIpc) is 3.45. The molecule has 2 rings (SSSR count). The molecule has 0 saturated carbocycles. The summed E-state index contributed by atoms with van der Waals surface area (Å²) in [5, 5.41) is 0. The molecule has 0 saturated heterocycles. The molecular formula is C34H58Fe. The van der Waals surface area contributed by atoms with Crippen LogP contribution in [0.15, 0.2) is 24.3 Å². The summed E-state index contributed by atoms with van der Waals surface area (Å²) in [6.45, 7) is 13.8. The van der Waals surface area contributed by atoms with Gasteiger partial charge in [0.2, 0.25) is 0 Å². The monoisotopic (exact) mass is 522 g/mol. The third-order valence-electron chi connectivity index (χ3n) is 7.17. The van der Waals surface area contributed by atoms with Gasteiger partial charge >= 0.3 is 17.1 Å². The first kappa shape index (κ1) is 34.2. The quantitative estimate of drug-likeness (QED) is 0.135. The minimum absolute atomic E-state index is 0. The van der Waals surface area contributed by atoms with Crippen LogP contribution in [-0.2, 0) is 55.6 Å². The summed E-state index contributed by atoms with van der Waals surface area (Å²) in [5.74, 6) is 0. The van der Waals surface area contributed by atoms with E-state index in [9.17, 15) is 0 Å². The molecule has 202 valence electrons. The van der Waals surface area contributed by atoms with Crippen molar-refractivity contribution in [2.75, 3.05) is 0 Å². The van der Waals surface area contributed by atoms with Crippen molar-refractivity contribution in [3.8, 4) is 0 Å². The van der Waals surface area contributed by atoms with Crippen molar-refractivity contribution in [2.24, 2.45) is 0 Å². The molecule has 0 nitrogen and oxygen atoms in total. The molecule has 35 heavy (non-hydrogen) atoms. The Morgan fingerprint density at radius 2 is 1.14 bits per heavy atom. The van der Waals surface area contributed by atoms with E-state index in [1.54, 1.807) is 22.3 Å². The fourth-order valence-electron chi connectivity index (χ4n) is 4.90. The van der Waals surface area contributed by atoms with Crippen molar-refractivity contribution in [1.82, 2.24) is 0 Å². The summed E-state index contributed by atoms with van der Waals surface area (Å²) in [5.41, 5.74) is 9.97. The summed E-state index contributed by atoms with van der Waals surface area (Å²) >= 11 is 0. The van der Waals surface area contributed by atoms with E-state index in [1.165, 1.54) is 127 Å². The Labute approximate surface area is 231 Å². The number of aryl methyl sites for hydroxylation is 4. The van der Waals surface area contributed by atoms with Crippen LogP contribution >= 0.6 is 0 Å². The van der Waals surface area contributed by atoms with Crippen LogP contribution in [-0.4, -0.2) is 0 Å². The van der Waals surface area contributed by atoms with Crippen LogP contribution in [0.1, 0.15) is 152 Å². The molecule has 0 bridgehead atoms. The largest absolute Gasteiger partial charge is 2.00 e. The van der Waals surface area contributed by atoms with Crippen LogP contribution in [0.3, 0.4) is 0 Å². The van der Waals surface area contributed by atoms with Crippen molar-refractivity contribution in [3.05, 3.63) is 57.6 Å². The number of hydrogen-bond acceptors (Lipinski definition) is 0. The second-order valence-electron chi connectivity index (χ2n) is 10.4. The van der Waals surface area contributed by atoms with E-state index < -0.39 is 0 Å². The minimum atomic E-state index is 0. The fraction of sp³-hybridized carbons (Fsp3) is 0.706. The zero-order valence-corrected chi connectivity index (χ0v) is 25.5. The van der Waals surface area contributed by atoms with Gasteiger partial charge in [-0.05, 0) is 0 Å². The van der Waals surface area contributed by atoms with Gasteiger partial charge in [0.15, 0.2) is 0 Å². The summed E-state index contributed by atoms with van der Waals surface area (Å²) in [4.78, 5) is 0. The van der Waals surface area contributed by atoms with Crippen LogP contribution in [0.5, 0.6) is 0 Å². The molecule has 0 heterocycles. The maximum Gasteiger partial charge on any atom is 2.00 e. The summed E-state index contributed by atoms with van der Waals surface area (Å²) in [6.07, 6.45) is 23.7. The first-order valence-electron chi connectivity index (χ1n) is 15.2. The van der Waals surface area contributed by atoms with Gasteiger partial charge in [-0.25, -0.2) is 12.1 Å². The van der Waals surface area contributed by atoms with Gasteiger partial charge in [0, 0.05) is 0 Å². The maximum atomic E-state index is 2.58. The molecule has 0 aliphatic rings. The summed E-state index contributed by atoms with van der Waals surface area (Å²) in [6, 6.07) is 9.55. The van der Waals surface area contributed by atoms with E-state index in [4.69, 9.17) is 0 Å². The molecule has 2 aromatic rings. The van der Waals surface area contributed by atoms with E-state index in [0.717, 1.165) is 0 Å². The van der Waals surface area contributed by atoms with Gasteiger partial charge in [0.05, 0.1) is 0 Å². The molecule has 0 radical (unpaired) electrons. The molecule has 0 amide bonds. The van der Waals surface area contributed by atoms with Gasteiger partial charge in [-0.2, -0.15) is 45.5 Å². The Morgan fingerprint density at radius 3 is 1.77 bits per heavy atom. The Morgan fingerprint density at radius 1 is 0.600 bits per heavy atom. The average molecular weight is 523 g/mol. The van der Waals surface area contributed by atoms with Crippen LogP contribution in [0.2, 0.25) is 0 Å². The van der Waals surface area contributed by atoms with Gasteiger partial charge in [0.1, 0.15) is 0 Å². The molecule has 0 spiro atoms. The molecule has 0 fully saturated rings. The van der Waals surface area contributed by atoms with E-state index in [0.29, 0.717) is 0 Å². The summed E-state index contributed by atoms with van der Waals surface area (Å²) < 4.78 is 0. The molecular weight excluding hydrogens is 464 g/mol. The zero-order chi connectivity index (χ0) is 25.0. The van der Waals surface area contributed by atoms with Crippen molar-refractivity contribution in [2.45, 2.75) is 157 Å². The molecule has 0 N–H and O–H groups in total. The standard InChI is InChI=1S/C21H37.C13H21.Fe/c1-5-9-13-18-17-19(14-10-6-2)21(16-12-8-4)20(18)15-11-7-3;1-3-5-7-12-9-10-13(11-12)8-6-4-2;/h17H,5-16H2,1-4H3;9-11H,3-8H2,1-2H3;/q2*-1;+2. The molecule has 1 heteroatoms. The second kappa shape index (κ2) is 22.4. The summed E-state index contributed by atoms with van der Waals surface area (Å²) in [7, 11) is 0. The van der Waals surface area contributed by atoms with Gasteiger partial charge in [-0.3, -0.25) is 0 Å². The maximum absolute atomic E-state index is 2.58. The zero-order valence-electron chi connectivity index (χ0n) is 24.4. The van der Waals surface area contributed by atoms with Gasteiger partial charge in [-0.15, -0.1) is 0 Å². The Bertz CT molecular complexity index is 660. The van der Waals surface area contributed by atoms with Crippen molar-refractivity contribution >= 4 is 0 Å². The predicted molar refractivity (Wildman–Crippen MR) is 156 cm³/mol. The molecule has 0 aromatic heterocycles. The SMILES string of the molecule is CCCCc1c[cH-]c(CCCC)c1.CCCCc1cc(CCCC)[c-](CCCC)c1CCCC.[Fe+2]. The third kappa shape index (κ3) is 13.9. The number of unbranched alkanes of at least 4 members (excludes halogenated alkanes) is 6. The first-order chi connectivity index (χ1) is 16.6. The van der Waals surface area contributed by atoms with Crippen LogP contribution in [0, 0.1) is 0 Å². The molecule has 0 atom stereocenters. The van der Waals surface area contributed by atoms with E-state index in [1.807, 2.05) is 0 Å². The fourth-order valence-corrected chi connectivity index (χ4v) is 4.90. The second-order valence-corrected chi connectivity index (χ2v) is 10.4. The molecule has 0 aliphatic heterocycles. The van der Waals surface area contributed by atoms with Gasteiger partial charge in [0.25, 0.3) is 0 Å². The molecule has 0 unspecified atom stereocenters. The Balaban J connectivity index is 0.000000711. The topological polar surface area (TPSA) is 0 Å². The Kier molecular flexibility index (Phi) is 21.9. The molecule has 2 aromatic carbocycles. The first-order valence-corrected chi connectivity index (χ1v) is 15.2. The third-order valence-corrected chi connectivity index (χ3v) is 7.17. The predicted octanol–water partition coefficient (Wildman–Crippen LogP) is 10.9. The van der Waals surface area contributed by atoms with Gasteiger partial charge in [-0.1, -0.05) is 157 Å². The van der Waals surface area contributed by atoms with Crippen LogP contribution in [0.4, 0.5) is 0 Å². The Hall–Kier alpha value is -0.781. The minimum Gasteiger partial charge on any atom is -0.207 e. The van der Waals surface area contributed by atoms with Crippen molar-refractivity contribution in [1.29, 1.82) is 0 Å². The number of hydrogen-bond donors (Lipinski definition) is 0. The van der Waals surface area contributed by atoms with Crippen molar-refractivity contribution in [3.63, 3.8) is 0 Å². The van der Waals surface area contributed by atoms with Crippen LogP contribution < -0.4 is 0 Å². The van der Waals surface area contributed by atoms with Crippen molar-refractivity contribution < 1.29 is 17.1 Å². The molecule has 0 aliphatic carbocycles.